The largest absolute Gasteiger partial charge is 4.00 e. The van der Waals surface area contributed by atoms with Crippen LogP contribution in [0.4, 0.5) is 0 Å². The second kappa shape index (κ2) is 12.2. The van der Waals surface area contributed by atoms with Crippen LogP contribution in [-0.4, -0.2) is 12.6 Å². The minimum atomic E-state index is -0.336. The zero-order valence-corrected chi connectivity index (χ0v) is 11.7. The predicted octanol–water partition coefficient (Wildman–Crippen LogP) is 3.36. The van der Waals surface area contributed by atoms with Gasteiger partial charge >= 0.3 is 23.0 Å². The van der Waals surface area contributed by atoms with Crippen LogP contribution in [0.5, 0.6) is 0 Å². The van der Waals surface area contributed by atoms with E-state index in [0.29, 0.717) is 12.2 Å². The molecule has 0 heterocycles. The molecule has 0 fully saturated rings. The van der Waals surface area contributed by atoms with E-state index in [0.717, 1.165) is 25.7 Å². The van der Waals surface area contributed by atoms with E-state index in [9.17, 15) is 4.79 Å². The van der Waals surface area contributed by atoms with E-state index in [4.69, 9.17) is 4.74 Å². The second-order valence-electron chi connectivity index (χ2n) is 3.94. The molecule has 3 heteroatoms. The number of hydrogen-bond acceptors (Lipinski definition) is 2. The normalized spacial score (nSPS) is 11.5. The fourth-order valence-corrected chi connectivity index (χ4v) is 1.10. The maximum Gasteiger partial charge on any atom is 4.00 e. The van der Waals surface area contributed by atoms with Crippen molar-refractivity contribution in [1.82, 2.24) is 0 Å². The van der Waals surface area contributed by atoms with Crippen LogP contribution in [0.3, 0.4) is 0 Å². The molecule has 2 nitrogen and oxygen atoms in total. The van der Waals surface area contributed by atoms with Crippen LogP contribution in [0.1, 0.15) is 32.6 Å². The molecule has 0 aliphatic heterocycles. The molecule has 0 amide bonds. The predicted molar refractivity (Wildman–Crippen MR) is 67.0 cm³/mol. The van der Waals surface area contributed by atoms with Crippen LogP contribution >= 0.6 is 0 Å². The third-order valence-electron chi connectivity index (χ3n) is 2.04. The quantitative estimate of drug-likeness (QED) is 0.212. The smallest absolute Gasteiger partial charge is 0.465 e. The summed E-state index contributed by atoms with van der Waals surface area (Å²) < 4.78 is 5.00. The van der Waals surface area contributed by atoms with Gasteiger partial charge in [0.2, 0.25) is 0 Å². The summed E-state index contributed by atoms with van der Waals surface area (Å²) in [4.78, 5) is 11.1. The Bertz CT molecular complexity index is 214. The molecule has 17 heavy (non-hydrogen) atoms. The first-order chi connectivity index (χ1) is 7.57. The van der Waals surface area contributed by atoms with Crippen LogP contribution < -0.4 is 0 Å². The summed E-state index contributed by atoms with van der Waals surface area (Å²) in [5.41, 5.74) is 0.431. The van der Waals surface area contributed by atoms with Gasteiger partial charge in [-0.1, -0.05) is 6.58 Å². The first-order valence-corrected chi connectivity index (χ1v) is 5.66. The van der Waals surface area contributed by atoms with Crippen LogP contribution in [0.25, 0.3) is 0 Å². The van der Waals surface area contributed by atoms with Gasteiger partial charge in [-0.15, -0.1) is 0 Å². The van der Waals surface area contributed by atoms with Gasteiger partial charge in [0.15, 0.2) is 0 Å². The molecule has 0 spiro atoms. The number of hydrogen-bond donors (Lipinski definition) is 0. The SMILES string of the molecule is C=C(C)C(=O)OCC([CH2-])C[CH-]C[CH-]CC[CH2-].[Fe+4]. The molecule has 0 saturated heterocycles. The van der Waals surface area contributed by atoms with Crippen molar-refractivity contribution in [3.05, 3.63) is 38.8 Å². The molecule has 0 aliphatic carbocycles. The van der Waals surface area contributed by atoms with E-state index in [1.54, 1.807) is 6.92 Å². The first kappa shape index (κ1) is 19.1. The average Bonchev–Trinajstić information content (AvgIpc) is 2.25. The Morgan fingerprint density at radius 1 is 1.47 bits per heavy atom. The van der Waals surface area contributed by atoms with Gasteiger partial charge < -0.3 is 37.8 Å². The Morgan fingerprint density at radius 3 is 2.65 bits per heavy atom. The maximum absolute atomic E-state index is 11.1. The Morgan fingerprint density at radius 2 is 2.12 bits per heavy atom. The van der Waals surface area contributed by atoms with Crippen LogP contribution in [0.2, 0.25) is 0 Å². The number of esters is 1. The zero-order valence-electron chi connectivity index (χ0n) is 10.6. The molecular weight excluding hydrogens is 256 g/mol. The summed E-state index contributed by atoms with van der Waals surface area (Å²) in [5, 5.41) is 0. The van der Waals surface area contributed by atoms with Crippen LogP contribution in [0, 0.1) is 32.6 Å². The van der Waals surface area contributed by atoms with Crippen molar-refractivity contribution < 1.29 is 26.6 Å². The van der Waals surface area contributed by atoms with Crippen molar-refractivity contribution >= 4 is 5.97 Å². The Kier molecular flexibility index (Phi) is 13.7. The summed E-state index contributed by atoms with van der Waals surface area (Å²) in [6.45, 7) is 13.2. The van der Waals surface area contributed by atoms with Gasteiger partial charge in [-0.2, -0.15) is 5.92 Å². The molecule has 0 radical (unpaired) electrons. The van der Waals surface area contributed by atoms with Crippen molar-refractivity contribution in [3.8, 4) is 0 Å². The van der Waals surface area contributed by atoms with E-state index in [1.807, 2.05) is 0 Å². The van der Waals surface area contributed by atoms with Crippen molar-refractivity contribution in [2.45, 2.75) is 32.6 Å². The van der Waals surface area contributed by atoms with Crippen LogP contribution in [-0.2, 0) is 26.6 Å². The number of rotatable bonds is 9. The molecule has 0 saturated carbocycles. The Hall–Kier alpha value is -0.271. The molecule has 0 aromatic heterocycles. The van der Waals surface area contributed by atoms with Crippen molar-refractivity contribution in [2.75, 3.05) is 6.61 Å². The van der Waals surface area contributed by atoms with Gasteiger partial charge in [0.1, 0.15) is 0 Å². The molecule has 0 rings (SSSR count). The summed E-state index contributed by atoms with van der Waals surface area (Å²) in [5.74, 6) is -0.214. The molecule has 0 aliphatic rings. The third-order valence-corrected chi connectivity index (χ3v) is 2.04. The number of carbonyl (C=O) groups excluding carboxylic acids is 1. The summed E-state index contributed by atoms with van der Waals surface area (Å²) >= 11 is 0. The van der Waals surface area contributed by atoms with Gasteiger partial charge in [0, 0.05) is 5.57 Å². The van der Waals surface area contributed by atoms with Gasteiger partial charge in [0.25, 0.3) is 0 Å². The maximum atomic E-state index is 11.1. The fourth-order valence-electron chi connectivity index (χ4n) is 1.10. The Balaban J connectivity index is 0. The van der Waals surface area contributed by atoms with Gasteiger partial charge in [-0.3, -0.25) is 0 Å². The molecule has 0 N–H and O–H groups in total. The molecule has 0 aromatic rings. The van der Waals surface area contributed by atoms with Gasteiger partial charge in [-0.05, 0) is 6.92 Å². The van der Waals surface area contributed by atoms with Crippen molar-refractivity contribution in [2.24, 2.45) is 5.92 Å². The molecule has 1 atom stereocenters. The third kappa shape index (κ3) is 12.0. The zero-order chi connectivity index (χ0) is 12.4. The molecule has 0 aromatic carbocycles. The minimum Gasteiger partial charge on any atom is -0.465 e. The molecule has 0 bridgehead atoms. The molecule has 98 valence electrons. The van der Waals surface area contributed by atoms with E-state index in [1.165, 1.54) is 0 Å². The monoisotopic (exact) mass is 278 g/mol. The van der Waals surface area contributed by atoms with Crippen molar-refractivity contribution in [1.29, 1.82) is 0 Å². The van der Waals surface area contributed by atoms with Gasteiger partial charge in [-0.25, -0.2) is 24.1 Å². The standard InChI is InChI=1S/C14H22O2.Fe/c1-5-6-7-8-9-10-13(4)11-16-14(15)12(2)3;/h7,9,13H,1-2,4-6,8,10-11H2,3H3;/q-4;+4. The van der Waals surface area contributed by atoms with E-state index < -0.39 is 0 Å². The number of ether oxygens (including phenoxy) is 1. The fraction of sp³-hybridized carbons (Fsp3) is 0.500. The number of carbonyl (C=O) groups is 1. The summed E-state index contributed by atoms with van der Waals surface area (Å²) in [7, 11) is 0. The first-order valence-electron chi connectivity index (χ1n) is 5.66. The van der Waals surface area contributed by atoms with Crippen LogP contribution in [0.15, 0.2) is 12.2 Å². The number of unbranched alkanes of at least 4 members (excludes halogenated alkanes) is 4. The topological polar surface area (TPSA) is 26.3 Å². The van der Waals surface area contributed by atoms with Gasteiger partial charge in [0.05, 0.1) is 6.61 Å². The minimum absolute atomic E-state index is 0. The molecular formula is C14H22FeO2. The van der Waals surface area contributed by atoms with E-state index >= 15 is 0 Å². The van der Waals surface area contributed by atoms with Crippen molar-refractivity contribution in [3.63, 3.8) is 0 Å². The second-order valence-corrected chi connectivity index (χ2v) is 3.94. The molecule has 1 unspecified atom stereocenters. The van der Waals surface area contributed by atoms with E-state index in [2.05, 4.69) is 33.3 Å². The Labute approximate surface area is 117 Å². The van der Waals surface area contributed by atoms with E-state index in [-0.39, 0.29) is 29.0 Å². The average molecular weight is 278 g/mol. The summed E-state index contributed by atoms with van der Waals surface area (Å²) in [6, 6.07) is 0. The summed E-state index contributed by atoms with van der Waals surface area (Å²) in [6.07, 6.45) is 8.16.